The van der Waals surface area contributed by atoms with E-state index in [1.807, 2.05) is 12.1 Å². The van der Waals surface area contributed by atoms with Crippen LogP contribution in [0.4, 0.5) is 0 Å². The zero-order valence-corrected chi connectivity index (χ0v) is 10.7. The molecule has 0 aliphatic carbocycles. The summed E-state index contributed by atoms with van der Waals surface area (Å²) in [6, 6.07) is 12.6. The molecule has 2 N–H and O–H groups in total. The van der Waals surface area contributed by atoms with Crippen LogP contribution in [0.25, 0.3) is 10.8 Å². The molecule has 0 saturated heterocycles. The first-order valence-corrected chi connectivity index (χ1v) is 6.18. The molecule has 3 nitrogen and oxygen atoms in total. The molecule has 0 aliphatic heterocycles. The van der Waals surface area contributed by atoms with Crippen LogP contribution in [0.5, 0.6) is 5.75 Å². The molecule has 0 aromatic heterocycles. The summed E-state index contributed by atoms with van der Waals surface area (Å²) >= 11 is 0. The van der Waals surface area contributed by atoms with Gasteiger partial charge in [0, 0.05) is 6.54 Å². The van der Waals surface area contributed by atoms with Gasteiger partial charge in [-0.3, -0.25) is 0 Å². The highest BCUT2D eigenvalue weighted by atomic mass is 16.5. The first kappa shape index (κ1) is 12.9. The molecule has 0 spiro atoms. The van der Waals surface area contributed by atoms with E-state index in [4.69, 9.17) is 15.2 Å². The SMILES string of the molecule is COc1ccc2cc(CCOCCN)ccc2c1. The Morgan fingerprint density at radius 1 is 1.00 bits per heavy atom. The Labute approximate surface area is 108 Å². The second-order valence-corrected chi connectivity index (χ2v) is 4.20. The molecule has 0 saturated carbocycles. The monoisotopic (exact) mass is 245 g/mol. The Morgan fingerprint density at radius 2 is 1.78 bits per heavy atom. The highest BCUT2D eigenvalue weighted by Crippen LogP contribution is 2.21. The summed E-state index contributed by atoms with van der Waals surface area (Å²) in [6.07, 6.45) is 0.919. The number of rotatable bonds is 6. The van der Waals surface area contributed by atoms with E-state index in [0.717, 1.165) is 18.8 Å². The standard InChI is InChI=1S/C15H19NO2/c1-17-15-5-4-13-10-12(2-3-14(13)11-15)6-8-18-9-7-16/h2-5,10-11H,6-9,16H2,1H3. The fourth-order valence-corrected chi connectivity index (χ4v) is 1.93. The van der Waals surface area contributed by atoms with Crippen LogP contribution in [0, 0.1) is 0 Å². The van der Waals surface area contributed by atoms with Crippen molar-refractivity contribution in [2.45, 2.75) is 6.42 Å². The smallest absolute Gasteiger partial charge is 0.119 e. The maximum absolute atomic E-state index is 5.39. The number of nitrogens with two attached hydrogens (primary N) is 1. The molecular weight excluding hydrogens is 226 g/mol. The lowest BCUT2D eigenvalue weighted by Gasteiger charge is -2.06. The molecule has 2 aromatic rings. The van der Waals surface area contributed by atoms with E-state index in [1.54, 1.807) is 7.11 Å². The van der Waals surface area contributed by atoms with Crippen LogP contribution in [0.15, 0.2) is 36.4 Å². The van der Waals surface area contributed by atoms with E-state index in [2.05, 4.69) is 24.3 Å². The van der Waals surface area contributed by atoms with Crippen molar-refractivity contribution < 1.29 is 9.47 Å². The summed E-state index contributed by atoms with van der Waals surface area (Å²) < 4.78 is 10.6. The molecule has 18 heavy (non-hydrogen) atoms. The van der Waals surface area contributed by atoms with Gasteiger partial charge in [-0.05, 0) is 34.9 Å². The fraction of sp³-hybridized carbons (Fsp3) is 0.333. The third-order valence-electron chi connectivity index (χ3n) is 2.91. The molecule has 2 aromatic carbocycles. The van der Waals surface area contributed by atoms with Crippen LogP contribution in [0.1, 0.15) is 5.56 Å². The van der Waals surface area contributed by atoms with Crippen molar-refractivity contribution in [3.8, 4) is 5.75 Å². The fourth-order valence-electron chi connectivity index (χ4n) is 1.93. The lowest BCUT2D eigenvalue weighted by Crippen LogP contribution is -2.10. The Kier molecular flexibility index (Phi) is 4.56. The second-order valence-electron chi connectivity index (χ2n) is 4.20. The second kappa shape index (κ2) is 6.38. The highest BCUT2D eigenvalue weighted by molar-refractivity contribution is 5.84. The summed E-state index contributed by atoms with van der Waals surface area (Å²) in [7, 11) is 1.68. The molecule has 0 radical (unpaired) electrons. The first-order valence-electron chi connectivity index (χ1n) is 6.18. The van der Waals surface area contributed by atoms with E-state index in [1.165, 1.54) is 16.3 Å². The Morgan fingerprint density at radius 3 is 2.56 bits per heavy atom. The summed E-state index contributed by atoms with van der Waals surface area (Å²) in [5.74, 6) is 0.890. The zero-order chi connectivity index (χ0) is 12.8. The van der Waals surface area contributed by atoms with E-state index in [-0.39, 0.29) is 0 Å². The predicted octanol–water partition coefficient (Wildman–Crippen LogP) is 2.37. The Hall–Kier alpha value is -1.58. The molecule has 96 valence electrons. The molecule has 0 fully saturated rings. The van der Waals surface area contributed by atoms with Gasteiger partial charge in [0.25, 0.3) is 0 Å². The molecule has 0 aliphatic rings. The van der Waals surface area contributed by atoms with Crippen LogP contribution in [0.3, 0.4) is 0 Å². The number of methoxy groups -OCH3 is 1. The maximum atomic E-state index is 5.39. The number of ether oxygens (including phenoxy) is 2. The van der Waals surface area contributed by atoms with Crippen molar-refractivity contribution in [1.82, 2.24) is 0 Å². The van der Waals surface area contributed by atoms with E-state index in [0.29, 0.717) is 13.2 Å². The van der Waals surface area contributed by atoms with Crippen molar-refractivity contribution in [3.05, 3.63) is 42.0 Å². The lowest BCUT2D eigenvalue weighted by molar-refractivity contribution is 0.145. The van der Waals surface area contributed by atoms with Gasteiger partial charge in [0.1, 0.15) is 5.75 Å². The van der Waals surface area contributed by atoms with Gasteiger partial charge in [-0.15, -0.1) is 0 Å². The number of hydrogen-bond acceptors (Lipinski definition) is 3. The number of hydrogen-bond donors (Lipinski definition) is 1. The van der Waals surface area contributed by atoms with Gasteiger partial charge in [0.05, 0.1) is 20.3 Å². The maximum Gasteiger partial charge on any atom is 0.119 e. The largest absolute Gasteiger partial charge is 0.497 e. The van der Waals surface area contributed by atoms with Gasteiger partial charge in [0.2, 0.25) is 0 Å². The average molecular weight is 245 g/mol. The van der Waals surface area contributed by atoms with Gasteiger partial charge in [-0.25, -0.2) is 0 Å². The molecule has 0 unspecified atom stereocenters. The van der Waals surface area contributed by atoms with Gasteiger partial charge < -0.3 is 15.2 Å². The van der Waals surface area contributed by atoms with Gasteiger partial charge >= 0.3 is 0 Å². The summed E-state index contributed by atoms with van der Waals surface area (Å²) in [5, 5.41) is 2.42. The minimum atomic E-state index is 0.581. The van der Waals surface area contributed by atoms with Gasteiger partial charge in [-0.1, -0.05) is 24.3 Å². The topological polar surface area (TPSA) is 44.5 Å². The molecule has 3 heteroatoms. The van der Waals surface area contributed by atoms with Crippen molar-refractivity contribution in [1.29, 1.82) is 0 Å². The Bertz CT molecular complexity index is 511. The van der Waals surface area contributed by atoms with Crippen LogP contribution in [-0.2, 0) is 11.2 Å². The van der Waals surface area contributed by atoms with Crippen LogP contribution in [0.2, 0.25) is 0 Å². The molecule has 0 amide bonds. The quantitative estimate of drug-likeness (QED) is 0.795. The van der Waals surface area contributed by atoms with Crippen LogP contribution in [-0.4, -0.2) is 26.9 Å². The molecule has 2 rings (SSSR count). The lowest BCUT2D eigenvalue weighted by atomic mass is 10.1. The third-order valence-corrected chi connectivity index (χ3v) is 2.91. The minimum Gasteiger partial charge on any atom is -0.497 e. The highest BCUT2D eigenvalue weighted by Gasteiger charge is 1.99. The van der Waals surface area contributed by atoms with E-state index < -0.39 is 0 Å². The molecule has 0 bridgehead atoms. The van der Waals surface area contributed by atoms with Gasteiger partial charge in [-0.2, -0.15) is 0 Å². The number of benzene rings is 2. The summed E-state index contributed by atoms with van der Waals surface area (Å²) in [4.78, 5) is 0. The van der Waals surface area contributed by atoms with Crippen molar-refractivity contribution >= 4 is 10.8 Å². The number of fused-ring (bicyclic) bond motifs is 1. The van der Waals surface area contributed by atoms with Crippen molar-refractivity contribution in [2.24, 2.45) is 5.73 Å². The summed E-state index contributed by atoms with van der Waals surface area (Å²) in [6.45, 7) is 1.93. The van der Waals surface area contributed by atoms with Gasteiger partial charge in [0.15, 0.2) is 0 Å². The van der Waals surface area contributed by atoms with E-state index in [9.17, 15) is 0 Å². The minimum absolute atomic E-state index is 0.581. The zero-order valence-electron chi connectivity index (χ0n) is 10.7. The molecular formula is C15H19NO2. The predicted molar refractivity (Wildman–Crippen MR) is 74.1 cm³/mol. The first-order chi connectivity index (χ1) is 8.83. The Balaban J connectivity index is 2.08. The van der Waals surface area contributed by atoms with Crippen molar-refractivity contribution in [3.63, 3.8) is 0 Å². The van der Waals surface area contributed by atoms with Crippen LogP contribution >= 0.6 is 0 Å². The third kappa shape index (κ3) is 3.22. The molecule has 0 atom stereocenters. The van der Waals surface area contributed by atoms with Crippen LogP contribution < -0.4 is 10.5 Å². The molecule has 0 heterocycles. The van der Waals surface area contributed by atoms with Crippen molar-refractivity contribution in [2.75, 3.05) is 26.9 Å². The normalized spacial score (nSPS) is 10.8. The average Bonchev–Trinajstić information content (AvgIpc) is 2.43. The summed E-state index contributed by atoms with van der Waals surface area (Å²) in [5.41, 5.74) is 6.65. The van der Waals surface area contributed by atoms with E-state index >= 15 is 0 Å².